The molecule has 1 unspecified atom stereocenters. The first-order valence-corrected chi connectivity index (χ1v) is 6.00. The topological polar surface area (TPSA) is 104 Å². The van der Waals surface area contributed by atoms with Gasteiger partial charge in [-0.25, -0.2) is 4.79 Å². The zero-order valence-electron chi connectivity index (χ0n) is 10.7. The molecule has 0 heterocycles. The maximum atomic E-state index is 11.5. The average molecular weight is 257 g/mol. The van der Waals surface area contributed by atoms with Crippen molar-refractivity contribution in [1.29, 1.82) is 0 Å². The fourth-order valence-corrected chi connectivity index (χ4v) is 1.31. The van der Waals surface area contributed by atoms with Gasteiger partial charge in [-0.1, -0.05) is 26.2 Å². The summed E-state index contributed by atoms with van der Waals surface area (Å²) in [6.07, 6.45) is 2.87. The van der Waals surface area contributed by atoms with Gasteiger partial charge < -0.3 is 10.5 Å². The van der Waals surface area contributed by atoms with E-state index in [2.05, 4.69) is 4.74 Å². The lowest BCUT2D eigenvalue weighted by Crippen LogP contribution is -2.42. The van der Waals surface area contributed by atoms with Crippen molar-refractivity contribution in [1.82, 2.24) is 0 Å². The van der Waals surface area contributed by atoms with Crippen molar-refractivity contribution in [2.24, 2.45) is 5.73 Å². The molecule has 0 radical (unpaired) electrons. The number of hydrogen-bond acceptors (Lipinski definition) is 6. The summed E-state index contributed by atoms with van der Waals surface area (Å²) in [6.45, 7) is 3.45. The summed E-state index contributed by atoms with van der Waals surface area (Å²) >= 11 is 0. The van der Waals surface area contributed by atoms with Gasteiger partial charge in [-0.2, -0.15) is 0 Å². The van der Waals surface area contributed by atoms with Crippen LogP contribution in [0.3, 0.4) is 0 Å². The molecule has 0 saturated carbocycles. The van der Waals surface area contributed by atoms with Crippen molar-refractivity contribution in [2.45, 2.75) is 45.6 Å². The van der Waals surface area contributed by atoms with E-state index in [-0.39, 0.29) is 6.61 Å². The molecule has 0 aromatic heterocycles. The van der Waals surface area contributed by atoms with E-state index in [1.54, 1.807) is 0 Å². The van der Waals surface area contributed by atoms with E-state index in [1.165, 1.54) is 6.92 Å². The molecular weight excluding hydrogens is 238 g/mol. The van der Waals surface area contributed by atoms with Gasteiger partial charge >= 0.3 is 11.8 Å². The van der Waals surface area contributed by atoms with Crippen molar-refractivity contribution in [3.63, 3.8) is 0 Å². The summed E-state index contributed by atoms with van der Waals surface area (Å²) in [5.74, 6) is -5.17. The van der Waals surface area contributed by atoms with Crippen LogP contribution in [0.5, 0.6) is 0 Å². The number of esters is 1. The fourth-order valence-electron chi connectivity index (χ4n) is 1.31. The van der Waals surface area contributed by atoms with E-state index in [0.29, 0.717) is 12.8 Å². The Bertz CT molecular complexity index is 337. The van der Waals surface area contributed by atoms with Gasteiger partial charge in [0.25, 0.3) is 5.78 Å². The first kappa shape index (κ1) is 16.4. The van der Waals surface area contributed by atoms with Crippen LogP contribution in [-0.2, 0) is 23.9 Å². The van der Waals surface area contributed by atoms with Crippen LogP contribution >= 0.6 is 0 Å². The van der Waals surface area contributed by atoms with Crippen LogP contribution in [0.2, 0.25) is 0 Å². The van der Waals surface area contributed by atoms with Crippen molar-refractivity contribution < 1.29 is 23.9 Å². The molecule has 0 saturated heterocycles. The normalized spacial score (nSPS) is 11.7. The third kappa shape index (κ3) is 5.18. The zero-order chi connectivity index (χ0) is 14.1. The minimum Gasteiger partial charge on any atom is -0.460 e. The van der Waals surface area contributed by atoms with Crippen LogP contribution in [0.4, 0.5) is 0 Å². The van der Waals surface area contributed by atoms with E-state index < -0.39 is 29.4 Å². The van der Waals surface area contributed by atoms with Gasteiger partial charge in [0, 0.05) is 0 Å². The molecule has 0 rings (SSSR count). The molecule has 6 heteroatoms. The SMILES string of the molecule is CCCCCC(N)C(=O)C(=O)C(=O)C(=O)OCC. The number of hydrogen-bond donors (Lipinski definition) is 1. The highest BCUT2D eigenvalue weighted by molar-refractivity contribution is 6.77. The molecular formula is C12H19NO5. The van der Waals surface area contributed by atoms with E-state index in [1.807, 2.05) is 6.92 Å². The summed E-state index contributed by atoms with van der Waals surface area (Å²) in [4.78, 5) is 45.0. The van der Waals surface area contributed by atoms with E-state index >= 15 is 0 Å². The number of ether oxygens (including phenoxy) is 1. The van der Waals surface area contributed by atoms with Crippen LogP contribution in [0, 0.1) is 0 Å². The van der Waals surface area contributed by atoms with Gasteiger partial charge in [0.1, 0.15) is 0 Å². The highest BCUT2D eigenvalue weighted by atomic mass is 16.5. The predicted molar refractivity (Wildman–Crippen MR) is 63.8 cm³/mol. The monoisotopic (exact) mass is 257 g/mol. The van der Waals surface area contributed by atoms with Crippen LogP contribution in [0.25, 0.3) is 0 Å². The second kappa shape index (κ2) is 8.52. The van der Waals surface area contributed by atoms with Gasteiger partial charge in [0.2, 0.25) is 5.78 Å². The summed E-state index contributed by atoms with van der Waals surface area (Å²) in [7, 11) is 0. The van der Waals surface area contributed by atoms with Crippen molar-refractivity contribution >= 4 is 23.3 Å². The minimum absolute atomic E-state index is 0.0331. The maximum absolute atomic E-state index is 11.5. The second-order valence-corrected chi connectivity index (χ2v) is 3.85. The van der Waals surface area contributed by atoms with Crippen molar-refractivity contribution in [3.8, 4) is 0 Å². The van der Waals surface area contributed by atoms with Crippen molar-refractivity contribution in [2.75, 3.05) is 6.61 Å². The molecule has 6 nitrogen and oxygen atoms in total. The lowest BCUT2D eigenvalue weighted by Gasteiger charge is -2.08. The molecule has 0 amide bonds. The summed E-state index contributed by atoms with van der Waals surface area (Å²) in [5.41, 5.74) is 5.50. The van der Waals surface area contributed by atoms with Gasteiger partial charge in [-0.15, -0.1) is 0 Å². The lowest BCUT2D eigenvalue weighted by molar-refractivity contribution is -0.158. The first-order valence-electron chi connectivity index (χ1n) is 6.00. The maximum Gasteiger partial charge on any atom is 0.383 e. The Balaban J connectivity index is 4.36. The first-order chi connectivity index (χ1) is 8.45. The van der Waals surface area contributed by atoms with Crippen LogP contribution in [-0.4, -0.2) is 36.0 Å². The molecule has 0 aliphatic heterocycles. The Morgan fingerprint density at radius 2 is 1.67 bits per heavy atom. The van der Waals surface area contributed by atoms with Gasteiger partial charge in [-0.05, 0) is 13.3 Å². The Labute approximate surface area is 106 Å². The smallest absolute Gasteiger partial charge is 0.383 e. The van der Waals surface area contributed by atoms with Gasteiger partial charge in [0.05, 0.1) is 12.6 Å². The molecule has 0 aromatic carbocycles. The third-order valence-electron chi connectivity index (χ3n) is 2.35. The standard InChI is InChI=1S/C12H19NO5/c1-3-5-6-7-8(13)9(14)10(15)11(16)12(17)18-4-2/h8H,3-7,13H2,1-2H3. The zero-order valence-corrected chi connectivity index (χ0v) is 10.7. The van der Waals surface area contributed by atoms with Gasteiger partial charge in [0.15, 0.2) is 0 Å². The molecule has 0 aliphatic rings. The Hall–Kier alpha value is -1.56. The number of Topliss-reactive ketones (excluding diaryl/α,β-unsaturated/α-hetero) is 3. The van der Waals surface area contributed by atoms with E-state index in [4.69, 9.17) is 5.73 Å². The predicted octanol–water partition coefficient (Wildman–Crippen LogP) is 0.164. The number of carbonyl (C=O) groups excluding carboxylic acids is 4. The molecule has 0 bridgehead atoms. The number of unbranched alkanes of at least 4 members (excludes halogenated alkanes) is 2. The Morgan fingerprint density at radius 1 is 1.06 bits per heavy atom. The van der Waals surface area contributed by atoms with E-state index in [9.17, 15) is 19.2 Å². The molecule has 18 heavy (non-hydrogen) atoms. The number of nitrogens with two attached hydrogens (primary N) is 1. The highest BCUT2D eigenvalue weighted by Gasteiger charge is 2.32. The van der Waals surface area contributed by atoms with Gasteiger partial charge in [-0.3, -0.25) is 14.4 Å². The number of carbonyl (C=O) groups is 4. The number of ketones is 3. The Morgan fingerprint density at radius 3 is 2.17 bits per heavy atom. The summed E-state index contributed by atoms with van der Waals surface area (Å²) < 4.78 is 4.35. The fraction of sp³-hybridized carbons (Fsp3) is 0.667. The van der Waals surface area contributed by atoms with Crippen LogP contribution in [0.1, 0.15) is 39.5 Å². The molecule has 2 N–H and O–H groups in total. The lowest BCUT2D eigenvalue weighted by atomic mass is 10.0. The highest BCUT2D eigenvalue weighted by Crippen LogP contribution is 2.03. The van der Waals surface area contributed by atoms with Crippen LogP contribution in [0.15, 0.2) is 0 Å². The minimum atomic E-state index is -1.45. The second-order valence-electron chi connectivity index (χ2n) is 3.85. The Kier molecular flexibility index (Phi) is 7.78. The van der Waals surface area contributed by atoms with Crippen LogP contribution < -0.4 is 5.73 Å². The van der Waals surface area contributed by atoms with E-state index in [0.717, 1.165) is 12.8 Å². The summed E-state index contributed by atoms with van der Waals surface area (Å²) in [5, 5.41) is 0. The van der Waals surface area contributed by atoms with Crippen molar-refractivity contribution in [3.05, 3.63) is 0 Å². The molecule has 0 aromatic rings. The largest absolute Gasteiger partial charge is 0.460 e. The molecule has 0 fully saturated rings. The average Bonchev–Trinajstić information content (AvgIpc) is 2.36. The quantitative estimate of drug-likeness (QED) is 0.273. The summed E-state index contributed by atoms with van der Waals surface area (Å²) in [6, 6.07) is -1.03. The molecule has 0 aliphatic carbocycles. The molecule has 102 valence electrons. The molecule has 0 spiro atoms. The third-order valence-corrected chi connectivity index (χ3v) is 2.35. The molecule has 1 atom stereocenters. The number of rotatable bonds is 9.